The summed E-state index contributed by atoms with van der Waals surface area (Å²) in [5, 5.41) is 20.5. The Kier molecular flexibility index (Phi) is 2.88. The van der Waals surface area contributed by atoms with E-state index in [1.54, 1.807) is 48.5 Å². The number of rotatable bonds is 2. The lowest BCUT2D eigenvalue weighted by Crippen LogP contribution is -2.36. The van der Waals surface area contributed by atoms with Crippen molar-refractivity contribution in [2.45, 2.75) is 24.3 Å². The summed E-state index contributed by atoms with van der Waals surface area (Å²) < 4.78 is 15.1. The third-order valence-electron chi connectivity index (χ3n) is 3.84. The van der Waals surface area contributed by atoms with E-state index in [2.05, 4.69) is 0 Å². The molecule has 1 aliphatic carbocycles. The molecule has 2 N–H and O–H groups in total. The van der Waals surface area contributed by atoms with Crippen LogP contribution in [0.5, 0.6) is 0 Å². The minimum atomic E-state index is -2.06. The lowest BCUT2D eigenvalue weighted by molar-refractivity contribution is -0.0862. The molecule has 1 aliphatic rings. The van der Waals surface area contributed by atoms with E-state index in [4.69, 9.17) is 0 Å². The van der Waals surface area contributed by atoms with E-state index >= 15 is 4.39 Å². The summed E-state index contributed by atoms with van der Waals surface area (Å²) in [4.78, 5) is 0. The van der Waals surface area contributed by atoms with Crippen molar-refractivity contribution in [1.29, 1.82) is 0 Å². The molecule has 0 aliphatic heterocycles. The van der Waals surface area contributed by atoms with Crippen molar-refractivity contribution >= 4 is 0 Å². The van der Waals surface area contributed by atoms with Gasteiger partial charge in [-0.1, -0.05) is 54.6 Å². The molecule has 0 saturated heterocycles. The van der Waals surface area contributed by atoms with Crippen LogP contribution in [0.15, 0.2) is 54.6 Å². The molecule has 2 nitrogen and oxygen atoms in total. The van der Waals surface area contributed by atoms with Crippen LogP contribution in [0.1, 0.15) is 28.9 Å². The Morgan fingerprint density at radius 2 is 1.68 bits per heavy atom. The van der Waals surface area contributed by atoms with Crippen molar-refractivity contribution < 1.29 is 14.6 Å². The average Bonchev–Trinajstić information content (AvgIpc) is 2.72. The first-order valence-corrected chi connectivity index (χ1v) is 6.31. The second-order valence-corrected chi connectivity index (χ2v) is 5.02. The number of benzene rings is 2. The number of aliphatic hydroxyl groups is 2. The number of halogens is 1. The predicted octanol–water partition coefficient (Wildman–Crippen LogP) is 2.72. The predicted molar refractivity (Wildman–Crippen MR) is 70.3 cm³/mol. The zero-order valence-corrected chi connectivity index (χ0v) is 10.3. The summed E-state index contributed by atoms with van der Waals surface area (Å²) in [6, 6.07) is 15.7. The zero-order chi connectivity index (χ0) is 13.5. The lowest BCUT2D eigenvalue weighted by Gasteiger charge is -2.29. The first-order valence-electron chi connectivity index (χ1n) is 6.31. The second kappa shape index (κ2) is 4.44. The summed E-state index contributed by atoms with van der Waals surface area (Å²) in [6.45, 7) is 0. The molecule has 0 saturated carbocycles. The van der Waals surface area contributed by atoms with Gasteiger partial charge in [-0.3, -0.25) is 0 Å². The molecule has 0 fully saturated rings. The fraction of sp³-hybridized carbons (Fsp3) is 0.250. The van der Waals surface area contributed by atoms with Crippen molar-refractivity contribution in [2.75, 3.05) is 0 Å². The summed E-state index contributed by atoms with van der Waals surface area (Å²) in [5.41, 5.74) is -0.255. The van der Waals surface area contributed by atoms with Gasteiger partial charge in [0.25, 0.3) is 0 Å². The minimum absolute atomic E-state index is 0.0282. The quantitative estimate of drug-likeness (QED) is 0.869. The lowest BCUT2D eigenvalue weighted by atomic mass is 9.88. The summed E-state index contributed by atoms with van der Waals surface area (Å²) >= 11 is 0. The van der Waals surface area contributed by atoms with Gasteiger partial charge >= 0.3 is 0 Å². The van der Waals surface area contributed by atoms with Crippen molar-refractivity contribution in [2.24, 2.45) is 0 Å². The molecule has 0 amide bonds. The molecule has 2 aromatic rings. The minimum Gasteiger partial charge on any atom is -0.385 e. The highest BCUT2D eigenvalue weighted by molar-refractivity contribution is 5.40. The third-order valence-corrected chi connectivity index (χ3v) is 3.84. The molecule has 0 aromatic heterocycles. The number of fused-ring (bicyclic) bond motifs is 1. The molecule has 2 aromatic carbocycles. The van der Waals surface area contributed by atoms with Gasteiger partial charge in [0.15, 0.2) is 5.67 Å². The van der Waals surface area contributed by atoms with Crippen LogP contribution in [0.25, 0.3) is 0 Å². The van der Waals surface area contributed by atoms with E-state index < -0.39 is 17.9 Å². The maximum Gasteiger partial charge on any atom is 0.174 e. The molecule has 3 heteroatoms. The molecule has 0 bridgehead atoms. The fourth-order valence-electron chi connectivity index (χ4n) is 2.77. The number of alkyl halides is 1. The fourth-order valence-corrected chi connectivity index (χ4v) is 2.77. The molecule has 0 spiro atoms. The molecule has 19 heavy (non-hydrogen) atoms. The van der Waals surface area contributed by atoms with Gasteiger partial charge in [0.1, 0.15) is 12.2 Å². The largest absolute Gasteiger partial charge is 0.385 e. The molecule has 3 atom stereocenters. The van der Waals surface area contributed by atoms with Crippen molar-refractivity contribution in [1.82, 2.24) is 0 Å². The monoisotopic (exact) mass is 258 g/mol. The summed E-state index contributed by atoms with van der Waals surface area (Å²) in [7, 11) is 0. The van der Waals surface area contributed by atoms with Gasteiger partial charge in [-0.2, -0.15) is 0 Å². The topological polar surface area (TPSA) is 40.5 Å². The van der Waals surface area contributed by atoms with Gasteiger partial charge < -0.3 is 10.2 Å². The first kappa shape index (κ1) is 12.3. The highest BCUT2D eigenvalue weighted by Crippen LogP contribution is 2.48. The van der Waals surface area contributed by atoms with E-state index in [0.29, 0.717) is 11.1 Å². The van der Waals surface area contributed by atoms with Gasteiger partial charge in [0.05, 0.1) is 0 Å². The Labute approximate surface area is 111 Å². The molecule has 0 unspecified atom stereocenters. The summed E-state index contributed by atoms with van der Waals surface area (Å²) in [6.07, 6.45) is -2.60. The average molecular weight is 258 g/mol. The standard InChI is InChI=1S/C16H15FO2/c17-16(14(18)11-6-2-1-3-7-11)10-12-8-4-5-9-13(12)15(16)19/h1-9,14-15,18-19H,10H2/t14-,15-,16-/m0/s1. The Balaban J connectivity index is 1.98. The number of hydrogen-bond donors (Lipinski definition) is 2. The normalized spacial score (nSPS) is 27.0. The SMILES string of the molecule is O[C@@H](c1ccccc1)[C@@]1(F)Cc2ccccc2[C@@H]1O. The Morgan fingerprint density at radius 3 is 2.37 bits per heavy atom. The Morgan fingerprint density at radius 1 is 1.05 bits per heavy atom. The maximum absolute atomic E-state index is 15.1. The summed E-state index contributed by atoms with van der Waals surface area (Å²) in [5.74, 6) is 0. The molecular weight excluding hydrogens is 243 g/mol. The van der Waals surface area contributed by atoms with Crippen LogP contribution in [-0.4, -0.2) is 15.9 Å². The molecule has 98 valence electrons. The van der Waals surface area contributed by atoms with Gasteiger partial charge in [-0.15, -0.1) is 0 Å². The smallest absolute Gasteiger partial charge is 0.174 e. The zero-order valence-electron chi connectivity index (χ0n) is 10.3. The van der Waals surface area contributed by atoms with Crippen LogP contribution in [0, 0.1) is 0 Å². The van der Waals surface area contributed by atoms with Crippen molar-refractivity contribution in [3.05, 3.63) is 71.3 Å². The van der Waals surface area contributed by atoms with Gasteiger partial charge in [-0.25, -0.2) is 4.39 Å². The molecule has 0 heterocycles. The first-order chi connectivity index (χ1) is 9.13. The molecule has 3 rings (SSSR count). The van der Waals surface area contributed by atoms with E-state index in [0.717, 1.165) is 5.56 Å². The highest BCUT2D eigenvalue weighted by Gasteiger charge is 2.51. The van der Waals surface area contributed by atoms with Crippen LogP contribution < -0.4 is 0 Å². The highest BCUT2D eigenvalue weighted by atomic mass is 19.1. The van der Waals surface area contributed by atoms with E-state index in [-0.39, 0.29) is 6.42 Å². The second-order valence-electron chi connectivity index (χ2n) is 5.02. The molecule has 0 radical (unpaired) electrons. The number of hydrogen-bond acceptors (Lipinski definition) is 2. The number of aliphatic hydroxyl groups excluding tert-OH is 2. The van der Waals surface area contributed by atoms with E-state index in [9.17, 15) is 10.2 Å². The van der Waals surface area contributed by atoms with Crippen LogP contribution in [0.4, 0.5) is 4.39 Å². The van der Waals surface area contributed by atoms with E-state index in [1.165, 1.54) is 0 Å². The Hall–Kier alpha value is -1.71. The van der Waals surface area contributed by atoms with Crippen LogP contribution in [0.2, 0.25) is 0 Å². The van der Waals surface area contributed by atoms with Crippen molar-refractivity contribution in [3.63, 3.8) is 0 Å². The third kappa shape index (κ3) is 1.86. The van der Waals surface area contributed by atoms with Gasteiger partial charge in [-0.05, 0) is 16.7 Å². The van der Waals surface area contributed by atoms with E-state index in [1.807, 2.05) is 6.07 Å². The maximum atomic E-state index is 15.1. The van der Waals surface area contributed by atoms with Crippen LogP contribution in [0.3, 0.4) is 0 Å². The van der Waals surface area contributed by atoms with Gasteiger partial charge in [0, 0.05) is 6.42 Å². The van der Waals surface area contributed by atoms with Crippen LogP contribution in [-0.2, 0) is 6.42 Å². The Bertz CT molecular complexity index is 584. The van der Waals surface area contributed by atoms with Crippen molar-refractivity contribution in [3.8, 4) is 0 Å². The molecular formula is C16H15FO2. The van der Waals surface area contributed by atoms with Gasteiger partial charge in [0.2, 0.25) is 0 Å². The van der Waals surface area contributed by atoms with Crippen LogP contribution >= 0.6 is 0 Å².